The monoisotopic (exact) mass is 406 g/mol. The van der Waals surface area contributed by atoms with Crippen LogP contribution in [0, 0.1) is 20.2 Å². The number of hydrogen-bond donors (Lipinski definition) is 0. The number of nitro groups is 2. The lowest BCUT2D eigenvalue weighted by Gasteiger charge is -2.27. The van der Waals surface area contributed by atoms with Gasteiger partial charge in [0.15, 0.2) is 0 Å². The first-order valence-electron chi connectivity index (χ1n) is 8.77. The van der Waals surface area contributed by atoms with Gasteiger partial charge in [0, 0.05) is 48.4 Å². The summed E-state index contributed by atoms with van der Waals surface area (Å²) in [5.41, 5.74) is 0.102. The molecule has 0 atom stereocenters. The summed E-state index contributed by atoms with van der Waals surface area (Å²) in [5, 5.41) is 22.5. The Morgan fingerprint density at radius 1 is 0.733 bits per heavy atom. The zero-order valence-corrected chi connectivity index (χ0v) is 15.9. The molecule has 0 spiro atoms. The number of benzene rings is 3. The van der Waals surface area contributed by atoms with Gasteiger partial charge in [-0.05, 0) is 36.4 Å². The third-order valence-corrected chi connectivity index (χ3v) is 5.00. The predicted molar refractivity (Wildman–Crippen MR) is 109 cm³/mol. The van der Waals surface area contributed by atoms with Gasteiger partial charge in [0.1, 0.15) is 5.39 Å². The fraction of sp³-hybridized carbons (Fsp3) is 0.100. The molecule has 3 aromatic carbocycles. The van der Waals surface area contributed by atoms with Gasteiger partial charge in [0.05, 0.1) is 15.5 Å². The molecule has 4 rings (SSSR count). The Hall–Kier alpha value is -4.34. The van der Waals surface area contributed by atoms with Gasteiger partial charge in [-0.25, -0.2) is 4.90 Å². The molecule has 1 heterocycles. The van der Waals surface area contributed by atoms with Gasteiger partial charge in [0.2, 0.25) is 0 Å². The Labute approximate surface area is 169 Å². The number of nitro benzene ring substituents is 2. The number of hydrogen-bond acceptors (Lipinski definition) is 7. The number of rotatable bonds is 4. The first-order valence-corrected chi connectivity index (χ1v) is 8.77. The zero-order chi connectivity index (χ0) is 21.7. The number of amides is 2. The topological polar surface area (TPSA) is 127 Å². The molecule has 0 radical (unpaired) electrons. The summed E-state index contributed by atoms with van der Waals surface area (Å²) in [4.78, 5) is 50.5. The van der Waals surface area contributed by atoms with Crippen LogP contribution in [0.4, 0.5) is 22.7 Å². The van der Waals surface area contributed by atoms with E-state index in [1.807, 2.05) is 19.0 Å². The Kier molecular flexibility index (Phi) is 4.19. The average Bonchev–Trinajstić information content (AvgIpc) is 2.71. The summed E-state index contributed by atoms with van der Waals surface area (Å²) in [6.07, 6.45) is 0. The second-order valence-electron chi connectivity index (χ2n) is 6.89. The molecule has 0 saturated carbocycles. The first kappa shape index (κ1) is 19.0. The van der Waals surface area contributed by atoms with Crippen LogP contribution in [0.3, 0.4) is 0 Å². The zero-order valence-electron chi connectivity index (χ0n) is 15.9. The molecule has 0 saturated heterocycles. The van der Waals surface area contributed by atoms with Gasteiger partial charge in [0.25, 0.3) is 23.2 Å². The van der Waals surface area contributed by atoms with Gasteiger partial charge in [-0.15, -0.1) is 0 Å². The molecule has 150 valence electrons. The van der Waals surface area contributed by atoms with Crippen molar-refractivity contribution in [2.75, 3.05) is 23.9 Å². The highest BCUT2D eigenvalue weighted by Gasteiger charge is 2.38. The third kappa shape index (κ3) is 2.65. The van der Waals surface area contributed by atoms with Gasteiger partial charge >= 0.3 is 0 Å². The predicted octanol–water partition coefficient (Wildman–Crippen LogP) is 3.52. The fourth-order valence-electron chi connectivity index (χ4n) is 3.59. The van der Waals surface area contributed by atoms with E-state index < -0.39 is 33.0 Å². The summed E-state index contributed by atoms with van der Waals surface area (Å²) in [6.45, 7) is 0. The minimum atomic E-state index is -0.767. The van der Waals surface area contributed by atoms with E-state index in [2.05, 4.69) is 0 Å². The molecule has 0 bridgehead atoms. The van der Waals surface area contributed by atoms with Crippen LogP contribution in [-0.4, -0.2) is 35.8 Å². The lowest BCUT2D eigenvalue weighted by atomic mass is 9.91. The largest absolute Gasteiger partial charge is 0.378 e. The van der Waals surface area contributed by atoms with E-state index in [-0.39, 0.29) is 21.9 Å². The molecule has 1 aliphatic heterocycles. The molecule has 10 nitrogen and oxygen atoms in total. The second kappa shape index (κ2) is 6.62. The van der Waals surface area contributed by atoms with Crippen molar-refractivity contribution in [1.82, 2.24) is 0 Å². The summed E-state index contributed by atoms with van der Waals surface area (Å²) >= 11 is 0. The van der Waals surface area contributed by atoms with E-state index in [1.165, 1.54) is 12.1 Å². The Bertz CT molecular complexity index is 1200. The van der Waals surface area contributed by atoms with Crippen molar-refractivity contribution in [1.29, 1.82) is 0 Å². The van der Waals surface area contributed by atoms with E-state index in [9.17, 15) is 29.8 Å². The standard InChI is InChI=1S/C20H14N4O6/c1-21(2)11-3-5-12(6-4-11)22-19(25)13-7-9-15(23(27)28)18-16(24(29)30)10-8-14(17(13)18)20(22)26/h3-10H,1-2H3. The van der Waals surface area contributed by atoms with Crippen molar-refractivity contribution in [2.24, 2.45) is 0 Å². The molecule has 1 aliphatic rings. The maximum absolute atomic E-state index is 13.2. The van der Waals surface area contributed by atoms with Crippen molar-refractivity contribution >= 4 is 45.3 Å². The highest BCUT2D eigenvalue weighted by Crippen LogP contribution is 2.41. The highest BCUT2D eigenvalue weighted by atomic mass is 16.6. The second-order valence-corrected chi connectivity index (χ2v) is 6.89. The molecule has 30 heavy (non-hydrogen) atoms. The molecular formula is C20H14N4O6. The van der Waals surface area contributed by atoms with E-state index in [0.717, 1.165) is 22.7 Å². The minimum absolute atomic E-state index is 0.00872. The van der Waals surface area contributed by atoms with Crippen molar-refractivity contribution in [2.45, 2.75) is 0 Å². The summed E-state index contributed by atoms with van der Waals surface area (Å²) in [6, 6.07) is 11.3. The van der Waals surface area contributed by atoms with Crippen molar-refractivity contribution < 1.29 is 19.4 Å². The lowest BCUT2D eigenvalue weighted by Crippen LogP contribution is -2.40. The molecule has 0 unspecified atom stereocenters. The molecule has 0 aliphatic carbocycles. The molecule has 10 heteroatoms. The number of carbonyl (C=O) groups is 2. The molecule has 0 aromatic heterocycles. The fourth-order valence-corrected chi connectivity index (χ4v) is 3.59. The van der Waals surface area contributed by atoms with Crippen molar-refractivity contribution in [3.8, 4) is 0 Å². The van der Waals surface area contributed by atoms with Gasteiger partial charge in [-0.2, -0.15) is 0 Å². The van der Waals surface area contributed by atoms with Crippen LogP contribution >= 0.6 is 0 Å². The van der Waals surface area contributed by atoms with E-state index in [1.54, 1.807) is 24.3 Å². The van der Waals surface area contributed by atoms with Crippen LogP contribution in [0.5, 0.6) is 0 Å². The van der Waals surface area contributed by atoms with Crippen molar-refractivity contribution in [3.05, 3.63) is 79.9 Å². The number of non-ortho nitro benzene ring substituents is 2. The number of imide groups is 1. The van der Waals surface area contributed by atoms with Gasteiger partial charge in [-0.1, -0.05) is 0 Å². The lowest BCUT2D eigenvalue weighted by molar-refractivity contribution is -0.390. The third-order valence-electron chi connectivity index (χ3n) is 5.00. The highest BCUT2D eigenvalue weighted by molar-refractivity contribution is 6.37. The van der Waals surface area contributed by atoms with Crippen LogP contribution in [0.1, 0.15) is 20.7 Å². The summed E-state index contributed by atoms with van der Waals surface area (Å²) in [7, 11) is 3.70. The molecule has 0 N–H and O–H groups in total. The van der Waals surface area contributed by atoms with Crippen molar-refractivity contribution in [3.63, 3.8) is 0 Å². The van der Waals surface area contributed by atoms with Crippen LogP contribution in [0.15, 0.2) is 48.5 Å². The quantitative estimate of drug-likeness (QED) is 0.368. The van der Waals surface area contributed by atoms with Crippen LogP contribution in [0.25, 0.3) is 10.8 Å². The minimum Gasteiger partial charge on any atom is -0.378 e. The Balaban J connectivity index is 1.97. The van der Waals surface area contributed by atoms with E-state index in [4.69, 9.17) is 0 Å². The van der Waals surface area contributed by atoms with Gasteiger partial charge in [-0.3, -0.25) is 29.8 Å². The number of anilines is 2. The maximum Gasteiger partial charge on any atom is 0.284 e. The normalized spacial score (nSPS) is 12.9. The number of nitrogens with zero attached hydrogens (tertiary/aromatic N) is 4. The van der Waals surface area contributed by atoms with E-state index in [0.29, 0.717) is 5.69 Å². The number of carbonyl (C=O) groups excluding carboxylic acids is 2. The van der Waals surface area contributed by atoms with Crippen LogP contribution < -0.4 is 9.80 Å². The average molecular weight is 406 g/mol. The summed E-state index contributed by atoms with van der Waals surface area (Å²) < 4.78 is 0. The molecule has 3 aromatic rings. The molecule has 2 amide bonds. The molecule has 0 fully saturated rings. The maximum atomic E-state index is 13.2. The molecular weight excluding hydrogens is 392 g/mol. The Morgan fingerprint density at radius 2 is 1.20 bits per heavy atom. The van der Waals surface area contributed by atoms with Crippen LogP contribution in [-0.2, 0) is 0 Å². The van der Waals surface area contributed by atoms with E-state index >= 15 is 0 Å². The summed E-state index contributed by atoms with van der Waals surface area (Å²) in [5.74, 6) is -1.41. The smallest absolute Gasteiger partial charge is 0.284 e. The van der Waals surface area contributed by atoms with Gasteiger partial charge < -0.3 is 4.90 Å². The SMILES string of the molecule is CN(C)c1ccc(N2C(=O)c3ccc([N+](=O)[O-])c4c([N+](=O)[O-])ccc(c34)C2=O)cc1. The Morgan fingerprint density at radius 3 is 1.60 bits per heavy atom. The van der Waals surface area contributed by atoms with Crippen LogP contribution in [0.2, 0.25) is 0 Å². The first-order chi connectivity index (χ1) is 14.2.